The summed E-state index contributed by atoms with van der Waals surface area (Å²) in [5, 5.41) is 0. The SMILES string of the molecule is C=C(C)COc1ccc(C(=O)CC(=O)C(C)(C)C)cc1OC. The molecule has 0 saturated carbocycles. The molecule has 0 aliphatic rings. The maximum absolute atomic E-state index is 12.2. The van der Waals surface area contributed by atoms with Crippen LogP contribution in [0.25, 0.3) is 0 Å². The summed E-state index contributed by atoms with van der Waals surface area (Å²) >= 11 is 0. The third-order valence-corrected chi connectivity index (χ3v) is 3.12. The number of benzene rings is 1. The maximum Gasteiger partial charge on any atom is 0.170 e. The van der Waals surface area contributed by atoms with Gasteiger partial charge in [-0.1, -0.05) is 27.4 Å². The molecule has 1 rings (SSSR count). The monoisotopic (exact) mass is 304 g/mol. The Labute approximate surface area is 132 Å². The van der Waals surface area contributed by atoms with Gasteiger partial charge in [0.25, 0.3) is 0 Å². The summed E-state index contributed by atoms with van der Waals surface area (Å²) in [7, 11) is 1.51. The molecule has 0 radical (unpaired) electrons. The second kappa shape index (κ2) is 7.25. The summed E-state index contributed by atoms with van der Waals surface area (Å²) < 4.78 is 10.8. The number of ether oxygens (including phenoxy) is 2. The lowest BCUT2D eigenvalue weighted by molar-refractivity contribution is -0.125. The van der Waals surface area contributed by atoms with E-state index in [1.807, 2.05) is 6.92 Å². The molecule has 1 aromatic carbocycles. The Morgan fingerprint density at radius 3 is 2.32 bits per heavy atom. The maximum atomic E-state index is 12.2. The molecule has 0 N–H and O–H groups in total. The van der Waals surface area contributed by atoms with E-state index in [2.05, 4.69) is 6.58 Å². The second-order valence-electron chi connectivity index (χ2n) is 6.38. The van der Waals surface area contributed by atoms with E-state index >= 15 is 0 Å². The third kappa shape index (κ3) is 5.02. The highest BCUT2D eigenvalue weighted by atomic mass is 16.5. The van der Waals surface area contributed by atoms with Gasteiger partial charge in [0.1, 0.15) is 12.4 Å². The van der Waals surface area contributed by atoms with Crippen molar-refractivity contribution in [3.63, 3.8) is 0 Å². The predicted octanol–water partition coefficient (Wildman–Crippen LogP) is 3.84. The minimum absolute atomic E-state index is 0.0842. The Kier molecular flexibility index (Phi) is 5.92. The standard InChI is InChI=1S/C18H24O4/c1-12(2)11-22-15-8-7-13(9-16(15)21-6)14(19)10-17(20)18(3,4)5/h7-9H,1,10-11H2,2-6H3. The Bertz CT molecular complexity index is 579. The van der Waals surface area contributed by atoms with Crippen molar-refractivity contribution in [2.45, 2.75) is 34.1 Å². The van der Waals surface area contributed by atoms with Crippen LogP contribution >= 0.6 is 0 Å². The third-order valence-electron chi connectivity index (χ3n) is 3.12. The van der Waals surface area contributed by atoms with Crippen molar-refractivity contribution in [2.75, 3.05) is 13.7 Å². The van der Waals surface area contributed by atoms with Crippen LogP contribution in [0.15, 0.2) is 30.4 Å². The fraction of sp³-hybridized carbons (Fsp3) is 0.444. The van der Waals surface area contributed by atoms with Crippen LogP contribution in [0.2, 0.25) is 0 Å². The van der Waals surface area contributed by atoms with E-state index in [9.17, 15) is 9.59 Å². The summed E-state index contributed by atoms with van der Waals surface area (Å²) in [4.78, 5) is 24.2. The lowest BCUT2D eigenvalue weighted by Gasteiger charge is -2.16. The summed E-state index contributed by atoms with van der Waals surface area (Å²) in [5.74, 6) is 0.711. The Balaban J connectivity index is 2.91. The van der Waals surface area contributed by atoms with E-state index in [1.54, 1.807) is 39.0 Å². The molecule has 4 nitrogen and oxygen atoms in total. The van der Waals surface area contributed by atoms with Crippen molar-refractivity contribution < 1.29 is 19.1 Å². The van der Waals surface area contributed by atoms with Crippen LogP contribution in [0.4, 0.5) is 0 Å². The first-order valence-corrected chi connectivity index (χ1v) is 7.17. The smallest absolute Gasteiger partial charge is 0.170 e. The van der Waals surface area contributed by atoms with Crippen molar-refractivity contribution >= 4 is 11.6 Å². The Morgan fingerprint density at radius 1 is 1.18 bits per heavy atom. The fourth-order valence-electron chi connectivity index (χ4n) is 1.67. The van der Waals surface area contributed by atoms with Gasteiger partial charge >= 0.3 is 0 Å². The molecule has 0 fully saturated rings. The Morgan fingerprint density at radius 2 is 1.82 bits per heavy atom. The van der Waals surface area contributed by atoms with Crippen LogP contribution in [0, 0.1) is 5.41 Å². The van der Waals surface area contributed by atoms with Gasteiger partial charge in [0, 0.05) is 11.0 Å². The molecule has 0 atom stereocenters. The quantitative estimate of drug-likeness (QED) is 0.436. The van der Waals surface area contributed by atoms with Gasteiger partial charge in [-0.05, 0) is 30.7 Å². The van der Waals surface area contributed by atoms with E-state index in [4.69, 9.17) is 9.47 Å². The van der Waals surface area contributed by atoms with Gasteiger partial charge in [0.2, 0.25) is 0 Å². The lowest BCUT2D eigenvalue weighted by Crippen LogP contribution is -2.23. The van der Waals surface area contributed by atoms with Gasteiger partial charge in [-0.25, -0.2) is 0 Å². The van der Waals surface area contributed by atoms with Gasteiger partial charge in [-0.3, -0.25) is 9.59 Å². The van der Waals surface area contributed by atoms with Gasteiger partial charge in [-0.15, -0.1) is 0 Å². The molecule has 0 aliphatic heterocycles. The molecule has 0 aromatic heterocycles. The van der Waals surface area contributed by atoms with Gasteiger partial charge < -0.3 is 9.47 Å². The molecule has 1 aromatic rings. The summed E-state index contributed by atoms with van der Waals surface area (Å²) in [5.41, 5.74) is 0.805. The van der Waals surface area contributed by atoms with E-state index in [0.29, 0.717) is 23.7 Å². The number of Topliss-reactive ketones (excluding diaryl/α,β-unsaturated/α-hetero) is 2. The van der Waals surface area contributed by atoms with Crippen LogP contribution in [-0.4, -0.2) is 25.3 Å². The van der Waals surface area contributed by atoms with Crippen molar-refractivity contribution in [3.8, 4) is 11.5 Å². The van der Waals surface area contributed by atoms with Gasteiger partial charge in [0.05, 0.1) is 13.5 Å². The first-order valence-electron chi connectivity index (χ1n) is 7.17. The molecular formula is C18H24O4. The molecule has 0 spiro atoms. The van der Waals surface area contributed by atoms with Crippen LogP contribution in [-0.2, 0) is 4.79 Å². The number of carbonyl (C=O) groups excluding carboxylic acids is 2. The topological polar surface area (TPSA) is 52.6 Å². The predicted molar refractivity (Wildman–Crippen MR) is 86.7 cm³/mol. The highest BCUT2D eigenvalue weighted by molar-refractivity contribution is 6.09. The van der Waals surface area contributed by atoms with Crippen LogP contribution in [0.1, 0.15) is 44.5 Å². The average Bonchev–Trinajstić information content (AvgIpc) is 2.43. The molecule has 0 bridgehead atoms. The van der Waals surface area contributed by atoms with E-state index < -0.39 is 5.41 Å². The van der Waals surface area contributed by atoms with Crippen LogP contribution < -0.4 is 9.47 Å². The van der Waals surface area contributed by atoms with Crippen LogP contribution in [0.3, 0.4) is 0 Å². The minimum atomic E-state index is -0.524. The van der Waals surface area contributed by atoms with Gasteiger partial charge in [0.15, 0.2) is 17.3 Å². The molecule has 120 valence electrons. The number of carbonyl (C=O) groups is 2. The average molecular weight is 304 g/mol. The first-order chi connectivity index (χ1) is 10.1. The summed E-state index contributed by atoms with van der Waals surface area (Å²) in [6, 6.07) is 4.93. The molecule has 22 heavy (non-hydrogen) atoms. The van der Waals surface area contributed by atoms with Crippen molar-refractivity contribution in [1.82, 2.24) is 0 Å². The van der Waals surface area contributed by atoms with Crippen molar-refractivity contribution in [1.29, 1.82) is 0 Å². The fourth-order valence-corrected chi connectivity index (χ4v) is 1.67. The molecule has 0 unspecified atom stereocenters. The normalized spacial score (nSPS) is 11.0. The zero-order valence-electron chi connectivity index (χ0n) is 14.0. The number of rotatable bonds is 7. The minimum Gasteiger partial charge on any atom is -0.493 e. The van der Waals surface area contributed by atoms with Gasteiger partial charge in [-0.2, -0.15) is 0 Å². The number of ketones is 2. The van der Waals surface area contributed by atoms with E-state index in [0.717, 1.165) is 5.57 Å². The number of methoxy groups -OCH3 is 1. The number of hydrogen-bond donors (Lipinski definition) is 0. The molecule has 0 heterocycles. The van der Waals surface area contributed by atoms with E-state index in [-0.39, 0.29) is 18.0 Å². The zero-order chi connectivity index (χ0) is 16.9. The molecule has 0 saturated heterocycles. The summed E-state index contributed by atoms with van der Waals surface area (Å²) in [6.45, 7) is 11.4. The van der Waals surface area contributed by atoms with E-state index in [1.165, 1.54) is 7.11 Å². The van der Waals surface area contributed by atoms with Crippen molar-refractivity contribution in [2.24, 2.45) is 5.41 Å². The lowest BCUT2D eigenvalue weighted by atomic mass is 9.87. The first kappa shape index (κ1) is 18.0. The number of hydrogen-bond acceptors (Lipinski definition) is 4. The molecule has 0 amide bonds. The summed E-state index contributed by atoms with van der Waals surface area (Å²) in [6.07, 6.45) is -0.112. The molecular weight excluding hydrogens is 280 g/mol. The highest BCUT2D eigenvalue weighted by Crippen LogP contribution is 2.29. The van der Waals surface area contributed by atoms with Crippen LogP contribution in [0.5, 0.6) is 11.5 Å². The molecule has 4 heteroatoms. The van der Waals surface area contributed by atoms with Crippen molar-refractivity contribution in [3.05, 3.63) is 35.9 Å². The largest absolute Gasteiger partial charge is 0.493 e. The zero-order valence-corrected chi connectivity index (χ0v) is 14.0. The highest BCUT2D eigenvalue weighted by Gasteiger charge is 2.24. The molecule has 0 aliphatic carbocycles. The Hall–Kier alpha value is -2.10. The second-order valence-corrected chi connectivity index (χ2v) is 6.38.